The van der Waals surface area contributed by atoms with Crippen LogP contribution in [-0.4, -0.2) is 41.8 Å². The normalized spacial score (nSPS) is 13.1. The van der Waals surface area contributed by atoms with Gasteiger partial charge in [-0.25, -0.2) is 4.39 Å². The van der Waals surface area contributed by atoms with Gasteiger partial charge in [0.1, 0.15) is 6.61 Å². The summed E-state index contributed by atoms with van der Waals surface area (Å²) in [6.45, 7) is 7.55. The van der Waals surface area contributed by atoms with Crippen LogP contribution in [0.4, 0.5) is 4.39 Å². The fourth-order valence-electron chi connectivity index (χ4n) is 1.73. The van der Waals surface area contributed by atoms with Gasteiger partial charge in [0.15, 0.2) is 11.6 Å². The van der Waals surface area contributed by atoms with E-state index in [9.17, 15) is 9.50 Å². The molecule has 1 atom stereocenters. The van der Waals surface area contributed by atoms with Gasteiger partial charge in [-0.05, 0) is 32.9 Å². The molecule has 102 valence electrons. The SMILES string of the molecule is CC(O)CN(CCOc1ccccc1F)C(C)C. The van der Waals surface area contributed by atoms with Crippen molar-refractivity contribution in [2.75, 3.05) is 19.7 Å². The summed E-state index contributed by atoms with van der Waals surface area (Å²) in [4.78, 5) is 2.10. The minimum absolute atomic E-state index is 0.276. The monoisotopic (exact) mass is 255 g/mol. The summed E-state index contributed by atoms with van der Waals surface area (Å²) >= 11 is 0. The van der Waals surface area contributed by atoms with E-state index in [-0.39, 0.29) is 17.7 Å². The third-order valence-electron chi connectivity index (χ3n) is 2.70. The molecular formula is C14H22FNO2. The summed E-state index contributed by atoms with van der Waals surface area (Å²) in [5.74, 6) is -0.0672. The Labute approximate surface area is 108 Å². The van der Waals surface area contributed by atoms with Gasteiger partial charge in [-0.2, -0.15) is 0 Å². The van der Waals surface area contributed by atoms with E-state index in [4.69, 9.17) is 4.74 Å². The Morgan fingerprint density at radius 1 is 1.28 bits per heavy atom. The molecule has 1 rings (SSSR count). The molecule has 0 spiro atoms. The highest BCUT2D eigenvalue weighted by atomic mass is 19.1. The molecule has 0 saturated carbocycles. The van der Waals surface area contributed by atoms with Crippen LogP contribution in [0.3, 0.4) is 0 Å². The minimum atomic E-state index is -0.374. The summed E-state index contributed by atoms with van der Waals surface area (Å²) in [5.41, 5.74) is 0. The summed E-state index contributed by atoms with van der Waals surface area (Å²) in [6, 6.07) is 6.70. The fourth-order valence-corrected chi connectivity index (χ4v) is 1.73. The van der Waals surface area contributed by atoms with E-state index < -0.39 is 0 Å². The number of hydrogen-bond donors (Lipinski definition) is 1. The lowest BCUT2D eigenvalue weighted by molar-refractivity contribution is 0.0949. The summed E-state index contributed by atoms with van der Waals surface area (Å²) in [5, 5.41) is 9.39. The van der Waals surface area contributed by atoms with Crippen LogP contribution in [0, 0.1) is 5.82 Å². The Kier molecular flexibility index (Phi) is 6.09. The van der Waals surface area contributed by atoms with Crippen molar-refractivity contribution < 1.29 is 14.2 Å². The first-order chi connectivity index (χ1) is 8.50. The molecule has 0 aliphatic rings. The Morgan fingerprint density at radius 2 is 1.94 bits per heavy atom. The quantitative estimate of drug-likeness (QED) is 0.811. The van der Waals surface area contributed by atoms with E-state index in [2.05, 4.69) is 18.7 Å². The molecule has 1 aromatic rings. The van der Waals surface area contributed by atoms with E-state index >= 15 is 0 Å². The topological polar surface area (TPSA) is 32.7 Å². The van der Waals surface area contributed by atoms with Gasteiger partial charge in [-0.3, -0.25) is 4.90 Å². The van der Waals surface area contributed by atoms with Gasteiger partial charge < -0.3 is 9.84 Å². The number of hydrogen-bond acceptors (Lipinski definition) is 3. The van der Waals surface area contributed by atoms with Crippen molar-refractivity contribution in [1.29, 1.82) is 0 Å². The highest BCUT2D eigenvalue weighted by Crippen LogP contribution is 2.15. The van der Waals surface area contributed by atoms with Gasteiger partial charge in [0.05, 0.1) is 6.10 Å². The molecule has 0 fully saturated rings. The zero-order chi connectivity index (χ0) is 13.5. The third kappa shape index (κ3) is 5.02. The fraction of sp³-hybridized carbons (Fsp3) is 0.571. The molecule has 0 heterocycles. The van der Waals surface area contributed by atoms with E-state index in [1.807, 2.05) is 0 Å². The molecule has 1 unspecified atom stereocenters. The van der Waals surface area contributed by atoms with Gasteiger partial charge in [0.25, 0.3) is 0 Å². The van der Waals surface area contributed by atoms with Crippen molar-refractivity contribution in [3.05, 3.63) is 30.1 Å². The summed E-state index contributed by atoms with van der Waals surface area (Å²) in [6.07, 6.45) is -0.374. The number of aliphatic hydroxyl groups is 1. The van der Waals surface area contributed by atoms with Crippen LogP contribution >= 0.6 is 0 Å². The second-order valence-corrected chi connectivity index (χ2v) is 4.72. The van der Waals surface area contributed by atoms with E-state index in [1.165, 1.54) is 6.07 Å². The zero-order valence-corrected chi connectivity index (χ0v) is 11.3. The van der Waals surface area contributed by atoms with Crippen molar-refractivity contribution in [2.24, 2.45) is 0 Å². The molecule has 0 aliphatic heterocycles. The van der Waals surface area contributed by atoms with Crippen molar-refractivity contribution in [1.82, 2.24) is 4.90 Å². The smallest absolute Gasteiger partial charge is 0.165 e. The molecule has 0 aliphatic carbocycles. The highest BCUT2D eigenvalue weighted by Gasteiger charge is 2.12. The molecule has 0 amide bonds. The number of ether oxygens (including phenoxy) is 1. The van der Waals surface area contributed by atoms with E-state index in [0.29, 0.717) is 25.7 Å². The molecule has 18 heavy (non-hydrogen) atoms. The Bertz CT molecular complexity index is 355. The van der Waals surface area contributed by atoms with Crippen LogP contribution in [0.5, 0.6) is 5.75 Å². The Morgan fingerprint density at radius 3 is 2.50 bits per heavy atom. The molecule has 0 aromatic heterocycles. The van der Waals surface area contributed by atoms with Gasteiger partial charge >= 0.3 is 0 Å². The van der Waals surface area contributed by atoms with Gasteiger partial charge in [0.2, 0.25) is 0 Å². The molecule has 1 N–H and O–H groups in total. The van der Waals surface area contributed by atoms with Crippen LogP contribution in [0.15, 0.2) is 24.3 Å². The van der Waals surface area contributed by atoms with Crippen molar-refractivity contribution in [2.45, 2.75) is 32.9 Å². The average molecular weight is 255 g/mol. The number of rotatable bonds is 7. The number of benzene rings is 1. The van der Waals surface area contributed by atoms with Gasteiger partial charge in [-0.15, -0.1) is 0 Å². The lowest BCUT2D eigenvalue weighted by atomic mass is 10.2. The molecule has 1 aromatic carbocycles. The molecular weight excluding hydrogens is 233 g/mol. The predicted octanol–water partition coefficient (Wildman–Crippen LogP) is 2.30. The second-order valence-electron chi connectivity index (χ2n) is 4.72. The second kappa shape index (κ2) is 7.34. The lowest BCUT2D eigenvalue weighted by Crippen LogP contribution is -2.39. The van der Waals surface area contributed by atoms with Crippen molar-refractivity contribution >= 4 is 0 Å². The van der Waals surface area contributed by atoms with E-state index in [0.717, 1.165) is 0 Å². The maximum Gasteiger partial charge on any atom is 0.165 e. The first-order valence-electron chi connectivity index (χ1n) is 6.30. The molecule has 0 saturated heterocycles. The van der Waals surface area contributed by atoms with Crippen LogP contribution in [-0.2, 0) is 0 Å². The van der Waals surface area contributed by atoms with Crippen molar-refractivity contribution in [3.8, 4) is 5.75 Å². The van der Waals surface area contributed by atoms with Gasteiger partial charge in [0, 0.05) is 19.1 Å². The molecule has 0 bridgehead atoms. The van der Waals surface area contributed by atoms with Crippen LogP contribution in [0.25, 0.3) is 0 Å². The zero-order valence-electron chi connectivity index (χ0n) is 11.3. The summed E-state index contributed by atoms with van der Waals surface area (Å²) < 4.78 is 18.7. The van der Waals surface area contributed by atoms with Gasteiger partial charge in [-0.1, -0.05) is 12.1 Å². The molecule has 3 nitrogen and oxygen atoms in total. The van der Waals surface area contributed by atoms with Crippen LogP contribution < -0.4 is 4.74 Å². The Balaban J connectivity index is 2.41. The van der Waals surface area contributed by atoms with E-state index in [1.54, 1.807) is 25.1 Å². The molecule has 0 radical (unpaired) electrons. The predicted molar refractivity (Wildman–Crippen MR) is 70.3 cm³/mol. The third-order valence-corrected chi connectivity index (χ3v) is 2.70. The highest BCUT2D eigenvalue weighted by molar-refractivity contribution is 5.23. The average Bonchev–Trinajstić information content (AvgIpc) is 2.29. The first-order valence-corrected chi connectivity index (χ1v) is 6.30. The number of aliphatic hydroxyl groups excluding tert-OH is 1. The number of nitrogens with zero attached hydrogens (tertiary/aromatic N) is 1. The van der Waals surface area contributed by atoms with Crippen LogP contribution in [0.2, 0.25) is 0 Å². The maximum absolute atomic E-state index is 13.3. The lowest BCUT2D eigenvalue weighted by Gasteiger charge is -2.27. The first kappa shape index (κ1) is 14.9. The largest absolute Gasteiger partial charge is 0.489 e. The van der Waals surface area contributed by atoms with Crippen molar-refractivity contribution in [3.63, 3.8) is 0 Å². The number of halogens is 1. The van der Waals surface area contributed by atoms with Crippen LogP contribution in [0.1, 0.15) is 20.8 Å². The Hall–Kier alpha value is -1.13. The molecule has 4 heteroatoms. The maximum atomic E-state index is 13.3. The summed E-state index contributed by atoms with van der Waals surface area (Å²) in [7, 11) is 0. The standard InChI is InChI=1S/C14H22FNO2/c1-11(2)16(10-12(3)17)8-9-18-14-7-5-4-6-13(14)15/h4-7,11-12,17H,8-10H2,1-3H3. The minimum Gasteiger partial charge on any atom is -0.489 e. The number of para-hydroxylation sites is 1.